The molecule has 2 atom stereocenters. The molecule has 0 aromatic rings. The van der Waals surface area contributed by atoms with Crippen molar-refractivity contribution >= 4 is 0 Å². The van der Waals surface area contributed by atoms with E-state index in [4.69, 9.17) is 0 Å². The Labute approximate surface area is 88.6 Å². The lowest BCUT2D eigenvalue weighted by Crippen LogP contribution is -2.21. The van der Waals surface area contributed by atoms with Gasteiger partial charge in [0.2, 0.25) is 0 Å². The molecule has 0 aromatic carbocycles. The predicted octanol–water partition coefficient (Wildman–Crippen LogP) is 4.90. The van der Waals surface area contributed by atoms with Gasteiger partial charge in [-0.05, 0) is 37.5 Å². The SMILES string of the molecule is C=CCC[C@](C)(CCC)C[C@@H](F)CC. The van der Waals surface area contributed by atoms with E-state index < -0.39 is 6.17 Å². The van der Waals surface area contributed by atoms with Crippen molar-refractivity contribution in [2.24, 2.45) is 5.41 Å². The molecule has 0 saturated carbocycles. The van der Waals surface area contributed by atoms with Gasteiger partial charge in [-0.1, -0.05) is 33.3 Å². The highest BCUT2D eigenvalue weighted by atomic mass is 19.1. The molecule has 0 aliphatic heterocycles. The maximum Gasteiger partial charge on any atom is 0.100 e. The van der Waals surface area contributed by atoms with Gasteiger partial charge < -0.3 is 0 Å². The fraction of sp³-hybridized carbons (Fsp3) is 0.846. The Morgan fingerprint density at radius 3 is 2.43 bits per heavy atom. The van der Waals surface area contributed by atoms with Gasteiger partial charge in [0.1, 0.15) is 6.17 Å². The maximum atomic E-state index is 13.4. The quantitative estimate of drug-likeness (QED) is 0.489. The third-order valence-electron chi connectivity index (χ3n) is 2.96. The average Bonchev–Trinajstić information content (AvgIpc) is 2.15. The molecule has 0 aromatic heterocycles. The summed E-state index contributed by atoms with van der Waals surface area (Å²) in [5.74, 6) is 0. The molecule has 0 N–H and O–H groups in total. The van der Waals surface area contributed by atoms with E-state index in [9.17, 15) is 4.39 Å². The molecule has 0 heterocycles. The standard InChI is InChI=1S/C13H25F/c1-5-8-10-13(4,9-6-2)11-12(14)7-3/h5,12H,1,6-11H2,2-4H3/t12-,13-/m0/s1. The summed E-state index contributed by atoms with van der Waals surface area (Å²) in [6.07, 6.45) is 7.02. The Balaban J connectivity index is 4.14. The molecule has 0 bridgehead atoms. The second-order valence-corrected chi connectivity index (χ2v) is 4.60. The average molecular weight is 200 g/mol. The fourth-order valence-corrected chi connectivity index (χ4v) is 2.06. The minimum absolute atomic E-state index is 0.179. The number of allylic oxidation sites excluding steroid dienone is 1. The van der Waals surface area contributed by atoms with E-state index >= 15 is 0 Å². The second kappa shape index (κ2) is 7.03. The number of hydrogen-bond donors (Lipinski definition) is 0. The van der Waals surface area contributed by atoms with Gasteiger partial charge in [0.25, 0.3) is 0 Å². The number of halogens is 1. The molecule has 0 radical (unpaired) electrons. The molecular formula is C13H25F. The number of hydrogen-bond acceptors (Lipinski definition) is 0. The van der Waals surface area contributed by atoms with Crippen molar-refractivity contribution in [1.29, 1.82) is 0 Å². The fourth-order valence-electron chi connectivity index (χ4n) is 2.06. The molecule has 0 spiro atoms. The Morgan fingerprint density at radius 2 is 2.00 bits per heavy atom. The van der Waals surface area contributed by atoms with Gasteiger partial charge >= 0.3 is 0 Å². The zero-order chi connectivity index (χ0) is 11.0. The first-order valence-corrected chi connectivity index (χ1v) is 5.83. The third kappa shape index (κ3) is 5.41. The summed E-state index contributed by atoms with van der Waals surface area (Å²) in [4.78, 5) is 0. The molecule has 0 aliphatic rings. The van der Waals surface area contributed by atoms with E-state index in [0.717, 1.165) is 25.7 Å². The molecule has 0 aliphatic carbocycles. The first kappa shape index (κ1) is 13.7. The first-order valence-electron chi connectivity index (χ1n) is 5.83. The van der Waals surface area contributed by atoms with Gasteiger partial charge in [0.15, 0.2) is 0 Å². The lowest BCUT2D eigenvalue weighted by atomic mass is 9.76. The highest BCUT2D eigenvalue weighted by molar-refractivity contribution is 4.81. The number of rotatable bonds is 8. The molecule has 84 valence electrons. The molecule has 0 unspecified atom stereocenters. The lowest BCUT2D eigenvalue weighted by Gasteiger charge is -2.30. The molecule has 0 fully saturated rings. The number of alkyl halides is 1. The minimum atomic E-state index is -0.628. The first-order chi connectivity index (χ1) is 6.58. The topological polar surface area (TPSA) is 0 Å². The van der Waals surface area contributed by atoms with Gasteiger partial charge in [-0.25, -0.2) is 4.39 Å². The van der Waals surface area contributed by atoms with Crippen LogP contribution in [0.25, 0.3) is 0 Å². The van der Waals surface area contributed by atoms with Crippen LogP contribution in [-0.4, -0.2) is 6.17 Å². The zero-order valence-corrected chi connectivity index (χ0v) is 9.98. The molecule has 0 rings (SSSR count). The molecule has 0 nitrogen and oxygen atoms in total. The van der Waals surface area contributed by atoms with Crippen molar-refractivity contribution in [2.45, 2.75) is 65.5 Å². The van der Waals surface area contributed by atoms with Crippen LogP contribution in [-0.2, 0) is 0 Å². The van der Waals surface area contributed by atoms with Crippen molar-refractivity contribution in [1.82, 2.24) is 0 Å². The maximum absolute atomic E-state index is 13.4. The Morgan fingerprint density at radius 1 is 1.36 bits per heavy atom. The monoisotopic (exact) mass is 200 g/mol. The van der Waals surface area contributed by atoms with E-state index in [0.29, 0.717) is 12.8 Å². The summed E-state index contributed by atoms with van der Waals surface area (Å²) in [7, 11) is 0. The lowest BCUT2D eigenvalue weighted by molar-refractivity contribution is 0.164. The highest BCUT2D eigenvalue weighted by Crippen LogP contribution is 2.35. The molecule has 1 heteroatoms. The highest BCUT2D eigenvalue weighted by Gasteiger charge is 2.25. The molecule has 0 amide bonds. The Bertz CT molecular complexity index is 153. The third-order valence-corrected chi connectivity index (χ3v) is 2.96. The largest absolute Gasteiger partial charge is 0.247 e. The second-order valence-electron chi connectivity index (χ2n) is 4.60. The normalized spacial score (nSPS) is 17.4. The van der Waals surface area contributed by atoms with Crippen LogP contribution in [0.1, 0.15) is 59.3 Å². The van der Waals surface area contributed by atoms with Crippen LogP contribution in [0, 0.1) is 5.41 Å². The van der Waals surface area contributed by atoms with E-state index in [-0.39, 0.29) is 5.41 Å². The summed E-state index contributed by atoms with van der Waals surface area (Å²) < 4.78 is 13.4. The summed E-state index contributed by atoms with van der Waals surface area (Å²) in [6.45, 7) is 10.0. The summed E-state index contributed by atoms with van der Waals surface area (Å²) in [6, 6.07) is 0. The van der Waals surface area contributed by atoms with Crippen molar-refractivity contribution in [3.8, 4) is 0 Å². The van der Waals surface area contributed by atoms with Gasteiger partial charge in [-0.15, -0.1) is 6.58 Å². The van der Waals surface area contributed by atoms with E-state index in [1.165, 1.54) is 0 Å². The summed E-state index contributed by atoms with van der Waals surface area (Å²) in [5, 5.41) is 0. The van der Waals surface area contributed by atoms with E-state index in [1.54, 1.807) is 0 Å². The van der Waals surface area contributed by atoms with Crippen LogP contribution in [0.3, 0.4) is 0 Å². The van der Waals surface area contributed by atoms with Gasteiger partial charge in [0.05, 0.1) is 0 Å². The summed E-state index contributed by atoms with van der Waals surface area (Å²) >= 11 is 0. The molecule has 0 saturated heterocycles. The van der Waals surface area contributed by atoms with Crippen LogP contribution >= 0.6 is 0 Å². The molecular weight excluding hydrogens is 175 g/mol. The van der Waals surface area contributed by atoms with Crippen molar-refractivity contribution in [3.05, 3.63) is 12.7 Å². The van der Waals surface area contributed by atoms with Crippen LogP contribution < -0.4 is 0 Å². The molecule has 14 heavy (non-hydrogen) atoms. The van der Waals surface area contributed by atoms with Crippen LogP contribution in [0.15, 0.2) is 12.7 Å². The van der Waals surface area contributed by atoms with Gasteiger partial charge in [-0.3, -0.25) is 0 Å². The van der Waals surface area contributed by atoms with Crippen LogP contribution in [0.2, 0.25) is 0 Å². The van der Waals surface area contributed by atoms with Crippen molar-refractivity contribution < 1.29 is 4.39 Å². The van der Waals surface area contributed by atoms with Gasteiger partial charge in [0, 0.05) is 0 Å². The van der Waals surface area contributed by atoms with Crippen LogP contribution in [0.5, 0.6) is 0 Å². The van der Waals surface area contributed by atoms with E-state index in [1.807, 2.05) is 13.0 Å². The van der Waals surface area contributed by atoms with E-state index in [2.05, 4.69) is 20.4 Å². The minimum Gasteiger partial charge on any atom is -0.247 e. The van der Waals surface area contributed by atoms with Crippen molar-refractivity contribution in [3.63, 3.8) is 0 Å². The Hall–Kier alpha value is -0.330. The Kier molecular flexibility index (Phi) is 6.86. The smallest absolute Gasteiger partial charge is 0.100 e. The predicted molar refractivity (Wildman–Crippen MR) is 62.3 cm³/mol. The van der Waals surface area contributed by atoms with Crippen molar-refractivity contribution in [2.75, 3.05) is 0 Å². The van der Waals surface area contributed by atoms with Crippen LogP contribution in [0.4, 0.5) is 4.39 Å². The zero-order valence-electron chi connectivity index (χ0n) is 9.98. The van der Waals surface area contributed by atoms with Gasteiger partial charge in [-0.2, -0.15) is 0 Å². The summed E-state index contributed by atoms with van der Waals surface area (Å²) in [5.41, 5.74) is 0.179.